The third-order valence-corrected chi connectivity index (χ3v) is 0.849. The zero-order valence-electron chi connectivity index (χ0n) is 4.69. The molecule has 47 valence electrons. The van der Waals surface area contributed by atoms with Crippen LogP contribution >= 0.6 is 11.6 Å². The first-order chi connectivity index (χ1) is 3.66. The van der Waals surface area contributed by atoms with Gasteiger partial charge in [-0.05, 0) is 6.92 Å². The highest BCUT2D eigenvalue weighted by molar-refractivity contribution is 6.18. The number of halogens is 1. The number of hydrogen-bond acceptors (Lipinski definition) is 2. The van der Waals surface area contributed by atoms with Gasteiger partial charge in [0.2, 0.25) is 0 Å². The van der Waals surface area contributed by atoms with E-state index in [1.54, 1.807) is 0 Å². The summed E-state index contributed by atoms with van der Waals surface area (Å²) in [4.78, 5) is 10.1. The van der Waals surface area contributed by atoms with Crippen molar-refractivity contribution in [3.05, 3.63) is 6.92 Å². The molecule has 0 aromatic rings. The SMILES string of the molecule is [CH2][C@@H](CCl)OC(C)=O. The lowest BCUT2D eigenvalue weighted by Gasteiger charge is -2.05. The van der Waals surface area contributed by atoms with E-state index in [-0.39, 0.29) is 11.8 Å². The number of rotatable bonds is 2. The molecule has 8 heavy (non-hydrogen) atoms. The zero-order valence-corrected chi connectivity index (χ0v) is 5.44. The molecule has 0 N–H and O–H groups in total. The van der Waals surface area contributed by atoms with Crippen molar-refractivity contribution < 1.29 is 9.53 Å². The minimum Gasteiger partial charge on any atom is -0.461 e. The molecular formula is C5H8ClO2. The summed E-state index contributed by atoms with van der Waals surface area (Å²) in [6.45, 7) is 4.75. The van der Waals surface area contributed by atoms with Gasteiger partial charge in [0, 0.05) is 6.92 Å². The summed E-state index contributed by atoms with van der Waals surface area (Å²) in [5.74, 6) is -0.0924. The molecule has 0 spiro atoms. The predicted octanol–water partition coefficient (Wildman–Crippen LogP) is 0.991. The molecule has 0 aliphatic carbocycles. The predicted molar refractivity (Wildman–Crippen MR) is 31.6 cm³/mol. The maximum atomic E-state index is 10.1. The first kappa shape index (κ1) is 7.76. The first-order valence-corrected chi connectivity index (χ1v) is 2.76. The lowest BCUT2D eigenvalue weighted by Crippen LogP contribution is -2.13. The lowest BCUT2D eigenvalue weighted by atomic mass is 10.5. The molecule has 0 fully saturated rings. The van der Waals surface area contributed by atoms with E-state index in [2.05, 4.69) is 11.7 Å². The molecular weight excluding hydrogens is 128 g/mol. The highest BCUT2D eigenvalue weighted by atomic mass is 35.5. The number of hydrogen-bond donors (Lipinski definition) is 0. The molecule has 3 heteroatoms. The van der Waals surface area contributed by atoms with E-state index in [0.29, 0.717) is 0 Å². The monoisotopic (exact) mass is 135 g/mol. The van der Waals surface area contributed by atoms with Gasteiger partial charge < -0.3 is 4.74 Å². The first-order valence-electron chi connectivity index (χ1n) is 2.23. The Hall–Kier alpha value is -0.240. The number of esters is 1. The van der Waals surface area contributed by atoms with E-state index >= 15 is 0 Å². The molecule has 0 saturated carbocycles. The van der Waals surface area contributed by atoms with Crippen molar-refractivity contribution >= 4 is 17.6 Å². The van der Waals surface area contributed by atoms with Crippen LogP contribution in [0.15, 0.2) is 0 Å². The molecule has 0 saturated heterocycles. The van der Waals surface area contributed by atoms with Crippen LogP contribution in [0.3, 0.4) is 0 Å². The maximum absolute atomic E-state index is 10.1. The minimum absolute atomic E-state index is 0.250. The average molecular weight is 136 g/mol. The Labute approximate surface area is 53.8 Å². The molecule has 0 rings (SSSR count). The topological polar surface area (TPSA) is 26.3 Å². The highest BCUT2D eigenvalue weighted by Gasteiger charge is 2.00. The number of alkyl halides is 1. The summed E-state index contributed by atoms with van der Waals surface area (Å²) in [5.41, 5.74) is 0. The number of carbonyl (C=O) groups excluding carboxylic acids is 1. The Morgan fingerprint density at radius 2 is 2.50 bits per heavy atom. The molecule has 0 aromatic heterocycles. The fourth-order valence-corrected chi connectivity index (χ4v) is 0.329. The van der Waals surface area contributed by atoms with Gasteiger partial charge in [-0.2, -0.15) is 0 Å². The molecule has 0 aliphatic rings. The van der Waals surface area contributed by atoms with Gasteiger partial charge in [0.25, 0.3) is 0 Å². The molecule has 0 heterocycles. The summed E-state index contributed by atoms with van der Waals surface area (Å²) in [6.07, 6.45) is -0.408. The zero-order chi connectivity index (χ0) is 6.57. The van der Waals surface area contributed by atoms with Gasteiger partial charge in [0.1, 0.15) is 6.10 Å². The third kappa shape index (κ3) is 3.93. The van der Waals surface area contributed by atoms with Crippen molar-refractivity contribution in [1.29, 1.82) is 0 Å². The van der Waals surface area contributed by atoms with Crippen LogP contribution in [0, 0.1) is 6.92 Å². The molecule has 1 radical (unpaired) electrons. The summed E-state index contributed by atoms with van der Waals surface area (Å²) < 4.78 is 4.52. The van der Waals surface area contributed by atoms with Crippen LogP contribution in [0.5, 0.6) is 0 Å². The van der Waals surface area contributed by atoms with Gasteiger partial charge in [-0.3, -0.25) is 4.79 Å². The summed E-state index contributed by atoms with van der Waals surface area (Å²) in [7, 11) is 0. The van der Waals surface area contributed by atoms with E-state index in [1.165, 1.54) is 6.92 Å². The van der Waals surface area contributed by atoms with E-state index < -0.39 is 6.10 Å². The molecule has 0 aromatic carbocycles. The van der Waals surface area contributed by atoms with E-state index in [0.717, 1.165) is 0 Å². The lowest BCUT2D eigenvalue weighted by molar-refractivity contribution is -0.143. The van der Waals surface area contributed by atoms with E-state index in [4.69, 9.17) is 11.6 Å². The Kier molecular flexibility index (Phi) is 3.61. The van der Waals surface area contributed by atoms with Gasteiger partial charge in [0.15, 0.2) is 0 Å². The van der Waals surface area contributed by atoms with Crippen molar-refractivity contribution in [2.24, 2.45) is 0 Å². The van der Waals surface area contributed by atoms with Crippen molar-refractivity contribution in [2.75, 3.05) is 5.88 Å². The van der Waals surface area contributed by atoms with Crippen molar-refractivity contribution in [2.45, 2.75) is 13.0 Å². The van der Waals surface area contributed by atoms with Crippen molar-refractivity contribution in [3.8, 4) is 0 Å². The van der Waals surface area contributed by atoms with Crippen LogP contribution in [0.2, 0.25) is 0 Å². The maximum Gasteiger partial charge on any atom is 0.302 e. The fraction of sp³-hybridized carbons (Fsp3) is 0.600. The smallest absolute Gasteiger partial charge is 0.302 e. The van der Waals surface area contributed by atoms with Gasteiger partial charge in [0.05, 0.1) is 5.88 Å². The van der Waals surface area contributed by atoms with Gasteiger partial charge in [-0.25, -0.2) is 0 Å². The van der Waals surface area contributed by atoms with Crippen LogP contribution in [0.4, 0.5) is 0 Å². The summed E-state index contributed by atoms with van der Waals surface area (Å²) >= 11 is 5.26. The van der Waals surface area contributed by atoms with Crippen LogP contribution < -0.4 is 0 Å². The van der Waals surface area contributed by atoms with E-state index in [9.17, 15) is 4.79 Å². The van der Waals surface area contributed by atoms with Crippen LogP contribution in [0.1, 0.15) is 6.92 Å². The standard InChI is InChI=1S/C5H8ClO2/c1-4(3-6)8-5(2)7/h4H,1,3H2,2H3/t4-/m0/s1. The second kappa shape index (κ2) is 3.72. The number of ether oxygens (including phenoxy) is 1. The Morgan fingerprint density at radius 3 is 2.62 bits per heavy atom. The van der Waals surface area contributed by atoms with Crippen molar-refractivity contribution in [3.63, 3.8) is 0 Å². The van der Waals surface area contributed by atoms with Gasteiger partial charge in [-0.15, -0.1) is 11.6 Å². The quantitative estimate of drug-likeness (QED) is 0.417. The Balaban J connectivity index is 3.24. The molecule has 0 unspecified atom stereocenters. The molecule has 0 aliphatic heterocycles. The molecule has 2 nitrogen and oxygen atoms in total. The second-order valence-corrected chi connectivity index (χ2v) is 1.69. The van der Waals surface area contributed by atoms with Crippen molar-refractivity contribution in [1.82, 2.24) is 0 Å². The number of carbonyl (C=O) groups is 1. The molecule has 0 bridgehead atoms. The highest BCUT2D eigenvalue weighted by Crippen LogP contribution is 1.91. The van der Waals surface area contributed by atoms with E-state index in [1.807, 2.05) is 0 Å². The normalized spacial score (nSPS) is 12.9. The molecule has 1 atom stereocenters. The van der Waals surface area contributed by atoms with Crippen LogP contribution in [-0.4, -0.2) is 18.0 Å². The Morgan fingerprint density at radius 1 is 2.00 bits per heavy atom. The Bertz CT molecular complexity index is 82.5. The van der Waals surface area contributed by atoms with Crippen LogP contribution in [-0.2, 0) is 9.53 Å². The van der Waals surface area contributed by atoms with Gasteiger partial charge in [-0.1, -0.05) is 0 Å². The average Bonchev–Trinajstić information content (AvgIpc) is 1.65. The second-order valence-electron chi connectivity index (χ2n) is 1.39. The summed E-state index contributed by atoms with van der Waals surface area (Å²) in [5, 5.41) is 0. The minimum atomic E-state index is -0.408. The molecule has 0 amide bonds. The fourth-order valence-electron chi connectivity index (χ4n) is 0.266. The summed E-state index contributed by atoms with van der Waals surface area (Å²) in [6, 6.07) is 0. The third-order valence-electron chi connectivity index (χ3n) is 0.505. The van der Waals surface area contributed by atoms with Crippen LogP contribution in [0.25, 0.3) is 0 Å². The largest absolute Gasteiger partial charge is 0.461 e. The van der Waals surface area contributed by atoms with Gasteiger partial charge >= 0.3 is 5.97 Å².